The molecule has 0 radical (unpaired) electrons. The summed E-state index contributed by atoms with van der Waals surface area (Å²) in [6, 6.07) is 0.718. The fourth-order valence-corrected chi connectivity index (χ4v) is 3.04. The number of piperidine rings is 1. The van der Waals surface area contributed by atoms with Crippen molar-refractivity contribution in [3.05, 3.63) is 10.5 Å². The van der Waals surface area contributed by atoms with Crippen LogP contribution in [0, 0.1) is 5.92 Å². The molecule has 0 aliphatic carbocycles. The van der Waals surface area contributed by atoms with Gasteiger partial charge in [-0.05, 0) is 38.1 Å². The minimum atomic E-state index is -0.223. The van der Waals surface area contributed by atoms with Crippen molar-refractivity contribution in [2.75, 3.05) is 24.5 Å². The molecule has 1 aromatic rings. The predicted molar refractivity (Wildman–Crippen MR) is 65.2 cm³/mol. The lowest BCUT2D eigenvalue weighted by Crippen LogP contribution is -2.41. The van der Waals surface area contributed by atoms with Gasteiger partial charge in [-0.2, -0.15) is 0 Å². The van der Waals surface area contributed by atoms with Crippen molar-refractivity contribution in [3.8, 4) is 0 Å². The minimum Gasteiger partial charge on any atom is -0.341 e. The maximum atomic E-state index is 11.0. The summed E-state index contributed by atoms with van der Waals surface area (Å²) in [5, 5.41) is 9.98. The van der Waals surface area contributed by atoms with E-state index < -0.39 is 0 Å². The molecule has 17 heavy (non-hydrogen) atoms. The Morgan fingerprint density at radius 1 is 1.24 bits per heavy atom. The van der Waals surface area contributed by atoms with E-state index in [0.717, 1.165) is 25.0 Å². The number of rotatable bonds is 2. The molecule has 3 rings (SSSR count). The van der Waals surface area contributed by atoms with Crippen molar-refractivity contribution in [1.29, 1.82) is 0 Å². The van der Waals surface area contributed by atoms with Crippen LogP contribution in [0.1, 0.15) is 25.7 Å². The highest BCUT2D eigenvalue weighted by molar-refractivity contribution is 5.27. The quantitative estimate of drug-likeness (QED) is 0.680. The second-order valence-electron chi connectivity index (χ2n) is 5.03. The summed E-state index contributed by atoms with van der Waals surface area (Å²) in [4.78, 5) is 15.9. The Hall–Kier alpha value is -1.30. The Balaban J connectivity index is 1.58. The SMILES string of the molecule is O=c1[nH]nc(N2CCC(C3CCCN3)CC2)[nH]1. The first-order valence-corrected chi connectivity index (χ1v) is 6.46. The third-order valence-electron chi connectivity index (χ3n) is 4.00. The molecule has 0 amide bonds. The molecular weight excluding hydrogens is 218 g/mol. The van der Waals surface area contributed by atoms with Crippen molar-refractivity contribution in [1.82, 2.24) is 20.5 Å². The first-order chi connectivity index (χ1) is 8.33. The van der Waals surface area contributed by atoms with Gasteiger partial charge in [0.1, 0.15) is 0 Å². The standard InChI is InChI=1S/C11H19N5O/c17-11-13-10(14-15-11)16-6-3-8(4-7-16)9-2-1-5-12-9/h8-9,12H,1-7H2,(H2,13,14,15,17). The van der Waals surface area contributed by atoms with Gasteiger partial charge in [-0.1, -0.05) is 0 Å². The highest BCUT2D eigenvalue weighted by atomic mass is 16.1. The van der Waals surface area contributed by atoms with E-state index in [4.69, 9.17) is 0 Å². The van der Waals surface area contributed by atoms with Gasteiger partial charge in [-0.25, -0.2) is 9.89 Å². The van der Waals surface area contributed by atoms with E-state index in [-0.39, 0.29) is 5.69 Å². The van der Waals surface area contributed by atoms with Crippen molar-refractivity contribution >= 4 is 5.95 Å². The van der Waals surface area contributed by atoms with E-state index in [1.807, 2.05) is 0 Å². The first kappa shape index (κ1) is 10.8. The van der Waals surface area contributed by atoms with E-state index in [1.54, 1.807) is 0 Å². The van der Waals surface area contributed by atoms with Crippen LogP contribution in [0.4, 0.5) is 5.95 Å². The number of H-pyrrole nitrogens is 2. The number of nitrogens with zero attached hydrogens (tertiary/aromatic N) is 2. The molecular formula is C11H19N5O. The molecule has 0 bridgehead atoms. The predicted octanol–water partition coefficient (Wildman–Crippen LogP) is 0.0664. The van der Waals surface area contributed by atoms with Gasteiger partial charge in [0.2, 0.25) is 5.95 Å². The van der Waals surface area contributed by atoms with Gasteiger partial charge in [0, 0.05) is 19.1 Å². The largest absolute Gasteiger partial charge is 0.342 e. The highest BCUT2D eigenvalue weighted by Crippen LogP contribution is 2.26. The number of hydrogen-bond acceptors (Lipinski definition) is 4. The summed E-state index contributed by atoms with van der Waals surface area (Å²) in [6.07, 6.45) is 5.01. The van der Waals surface area contributed by atoms with Gasteiger partial charge in [-0.3, -0.25) is 4.98 Å². The second kappa shape index (κ2) is 4.52. The number of anilines is 1. The van der Waals surface area contributed by atoms with Gasteiger partial charge < -0.3 is 10.2 Å². The molecule has 0 spiro atoms. The van der Waals surface area contributed by atoms with Crippen LogP contribution in [0.25, 0.3) is 0 Å². The van der Waals surface area contributed by atoms with Crippen LogP contribution < -0.4 is 15.9 Å². The first-order valence-electron chi connectivity index (χ1n) is 6.46. The van der Waals surface area contributed by atoms with Gasteiger partial charge in [0.05, 0.1) is 0 Å². The number of aromatic amines is 2. The average molecular weight is 237 g/mol. The summed E-state index contributed by atoms with van der Waals surface area (Å²) in [7, 11) is 0. The molecule has 3 N–H and O–H groups in total. The number of nitrogens with one attached hydrogen (secondary N) is 3. The summed E-state index contributed by atoms with van der Waals surface area (Å²) in [5.74, 6) is 1.48. The van der Waals surface area contributed by atoms with Crippen molar-refractivity contribution in [2.24, 2.45) is 5.92 Å². The van der Waals surface area contributed by atoms with E-state index in [1.165, 1.54) is 32.2 Å². The van der Waals surface area contributed by atoms with Crippen LogP contribution >= 0.6 is 0 Å². The van der Waals surface area contributed by atoms with Gasteiger partial charge in [0.15, 0.2) is 0 Å². The fourth-order valence-electron chi connectivity index (χ4n) is 3.04. The van der Waals surface area contributed by atoms with E-state index >= 15 is 0 Å². The minimum absolute atomic E-state index is 0.223. The molecule has 2 aliphatic rings. The van der Waals surface area contributed by atoms with Crippen LogP contribution in [0.5, 0.6) is 0 Å². The zero-order valence-corrected chi connectivity index (χ0v) is 9.91. The van der Waals surface area contributed by atoms with Crippen LogP contribution in [0.15, 0.2) is 4.79 Å². The van der Waals surface area contributed by atoms with Gasteiger partial charge in [0.25, 0.3) is 0 Å². The van der Waals surface area contributed by atoms with E-state index in [2.05, 4.69) is 25.4 Å². The number of hydrogen-bond donors (Lipinski definition) is 3. The zero-order valence-electron chi connectivity index (χ0n) is 9.91. The molecule has 3 heterocycles. The van der Waals surface area contributed by atoms with E-state index in [9.17, 15) is 4.79 Å². The molecule has 1 unspecified atom stereocenters. The molecule has 6 heteroatoms. The topological polar surface area (TPSA) is 76.8 Å². The molecule has 1 aromatic heterocycles. The Morgan fingerprint density at radius 2 is 2.06 bits per heavy atom. The third kappa shape index (κ3) is 2.22. The third-order valence-corrected chi connectivity index (χ3v) is 4.00. The maximum absolute atomic E-state index is 11.0. The van der Waals surface area contributed by atoms with Crippen LogP contribution in [-0.2, 0) is 0 Å². The average Bonchev–Trinajstić information content (AvgIpc) is 3.00. The lowest BCUT2D eigenvalue weighted by Gasteiger charge is -2.34. The summed E-state index contributed by atoms with van der Waals surface area (Å²) >= 11 is 0. The molecule has 94 valence electrons. The van der Waals surface area contributed by atoms with Crippen LogP contribution in [0.2, 0.25) is 0 Å². The number of aromatic nitrogens is 3. The smallest absolute Gasteiger partial charge is 0.341 e. The maximum Gasteiger partial charge on any atom is 0.342 e. The lowest BCUT2D eigenvalue weighted by molar-refractivity contribution is 0.317. The Morgan fingerprint density at radius 3 is 2.65 bits per heavy atom. The molecule has 0 aromatic carbocycles. The summed E-state index contributed by atoms with van der Waals surface area (Å²) in [6.45, 7) is 3.16. The van der Waals surface area contributed by atoms with Crippen LogP contribution in [0.3, 0.4) is 0 Å². The summed E-state index contributed by atoms with van der Waals surface area (Å²) < 4.78 is 0. The van der Waals surface area contributed by atoms with Gasteiger partial charge >= 0.3 is 5.69 Å². The Labute approximate surface area is 99.8 Å². The Bertz CT molecular complexity index is 411. The lowest BCUT2D eigenvalue weighted by atomic mass is 9.89. The normalized spacial score (nSPS) is 26.6. The monoisotopic (exact) mass is 237 g/mol. The molecule has 1 atom stereocenters. The molecule has 6 nitrogen and oxygen atoms in total. The molecule has 2 aliphatic heterocycles. The second-order valence-corrected chi connectivity index (χ2v) is 5.03. The van der Waals surface area contributed by atoms with Crippen molar-refractivity contribution in [3.63, 3.8) is 0 Å². The highest BCUT2D eigenvalue weighted by Gasteiger charge is 2.28. The van der Waals surface area contributed by atoms with Crippen LogP contribution in [-0.4, -0.2) is 40.9 Å². The van der Waals surface area contributed by atoms with Crippen molar-refractivity contribution < 1.29 is 0 Å². The zero-order chi connectivity index (χ0) is 11.7. The summed E-state index contributed by atoms with van der Waals surface area (Å²) in [5.41, 5.74) is -0.223. The van der Waals surface area contributed by atoms with E-state index in [0.29, 0.717) is 5.95 Å². The van der Waals surface area contributed by atoms with Crippen molar-refractivity contribution in [2.45, 2.75) is 31.7 Å². The molecule has 0 saturated carbocycles. The molecule has 2 saturated heterocycles. The Kier molecular flexibility index (Phi) is 2.88. The fraction of sp³-hybridized carbons (Fsp3) is 0.818. The molecule has 2 fully saturated rings. The van der Waals surface area contributed by atoms with Gasteiger partial charge in [-0.15, -0.1) is 5.10 Å².